The number of hydrogen-bond acceptors (Lipinski definition) is 7. The zero-order valence-electron chi connectivity index (χ0n) is 17.0. The molecule has 0 spiro atoms. The molecule has 2 aromatic heterocycles. The lowest BCUT2D eigenvalue weighted by atomic mass is 10.2. The predicted octanol–water partition coefficient (Wildman–Crippen LogP) is 5.13. The smallest absolute Gasteiger partial charge is 0.191 e. The summed E-state index contributed by atoms with van der Waals surface area (Å²) in [5.74, 6) is 3.08. The minimum Gasteiger partial charge on any atom is -0.497 e. The van der Waals surface area contributed by atoms with Crippen LogP contribution in [0.5, 0.6) is 11.5 Å². The second kappa shape index (κ2) is 9.32. The predicted molar refractivity (Wildman–Crippen MR) is 120 cm³/mol. The number of hydrogen-bond donors (Lipinski definition) is 0. The van der Waals surface area contributed by atoms with Gasteiger partial charge in [0.25, 0.3) is 0 Å². The van der Waals surface area contributed by atoms with Crippen molar-refractivity contribution in [3.63, 3.8) is 0 Å². The van der Waals surface area contributed by atoms with Crippen LogP contribution in [0.15, 0.2) is 59.1 Å². The molecule has 0 aliphatic carbocycles. The van der Waals surface area contributed by atoms with Gasteiger partial charge in [-0.05, 0) is 31.2 Å². The molecule has 0 aliphatic heterocycles. The fraction of sp³-hybridized carbons (Fsp3) is 0.227. The molecular weight excluding hydrogens is 416 g/mol. The summed E-state index contributed by atoms with van der Waals surface area (Å²) in [7, 11) is 3.59. The second-order valence-corrected chi connectivity index (χ2v) is 8.52. The van der Waals surface area contributed by atoms with Gasteiger partial charge >= 0.3 is 0 Å². The standard InChI is InChI=1S/C22H22N4O2S2/c1-15-4-6-16(7-5-15)21-23-17(13-29-21)14-30-22-25-24-20(26(22)2)12-28-19-10-8-18(27-3)9-11-19/h4-11,13H,12,14H2,1-3H3. The topological polar surface area (TPSA) is 62.1 Å². The monoisotopic (exact) mass is 438 g/mol. The maximum absolute atomic E-state index is 5.81. The average Bonchev–Trinajstić information content (AvgIpc) is 3.38. The van der Waals surface area contributed by atoms with Crippen molar-refractivity contribution in [3.05, 3.63) is 71.0 Å². The van der Waals surface area contributed by atoms with Crippen LogP contribution in [-0.2, 0) is 19.4 Å². The number of rotatable bonds is 8. The van der Waals surface area contributed by atoms with E-state index >= 15 is 0 Å². The second-order valence-electron chi connectivity index (χ2n) is 6.72. The first-order valence-corrected chi connectivity index (χ1v) is 11.3. The highest BCUT2D eigenvalue weighted by molar-refractivity contribution is 7.98. The lowest BCUT2D eigenvalue weighted by Crippen LogP contribution is -2.04. The van der Waals surface area contributed by atoms with E-state index < -0.39 is 0 Å². The van der Waals surface area contributed by atoms with Crippen molar-refractivity contribution >= 4 is 23.1 Å². The van der Waals surface area contributed by atoms with Gasteiger partial charge in [-0.15, -0.1) is 21.5 Å². The number of thioether (sulfide) groups is 1. The third kappa shape index (κ3) is 4.83. The van der Waals surface area contributed by atoms with Crippen molar-refractivity contribution in [1.29, 1.82) is 0 Å². The SMILES string of the molecule is COc1ccc(OCc2nnc(SCc3csc(-c4ccc(C)cc4)n3)n2C)cc1. The molecule has 0 unspecified atom stereocenters. The Morgan fingerprint density at radius 1 is 1.00 bits per heavy atom. The van der Waals surface area contributed by atoms with E-state index in [4.69, 9.17) is 14.5 Å². The van der Waals surface area contributed by atoms with Gasteiger partial charge in [0.1, 0.15) is 23.1 Å². The Hall–Kier alpha value is -2.84. The van der Waals surface area contributed by atoms with E-state index in [0.29, 0.717) is 6.61 Å². The molecule has 0 fully saturated rings. The van der Waals surface area contributed by atoms with Gasteiger partial charge in [0.2, 0.25) is 0 Å². The molecule has 154 valence electrons. The van der Waals surface area contributed by atoms with Crippen molar-refractivity contribution in [2.45, 2.75) is 24.4 Å². The van der Waals surface area contributed by atoms with Gasteiger partial charge in [-0.3, -0.25) is 0 Å². The molecule has 0 N–H and O–H groups in total. The third-order valence-corrected chi connectivity index (χ3v) is 6.55. The Kier molecular flexibility index (Phi) is 6.35. The lowest BCUT2D eigenvalue weighted by Gasteiger charge is -2.07. The molecule has 0 bridgehead atoms. The van der Waals surface area contributed by atoms with E-state index in [1.807, 2.05) is 35.9 Å². The van der Waals surface area contributed by atoms with Crippen LogP contribution in [-0.4, -0.2) is 26.9 Å². The van der Waals surface area contributed by atoms with Crippen molar-refractivity contribution in [1.82, 2.24) is 19.7 Å². The molecular formula is C22H22N4O2S2. The highest BCUT2D eigenvalue weighted by Gasteiger charge is 2.12. The molecule has 8 heteroatoms. The number of nitrogens with zero attached hydrogens (tertiary/aromatic N) is 4. The molecule has 4 rings (SSSR count). The minimum absolute atomic E-state index is 0.352. The number of aromatic nitrogens is 4. The third-order valence-electron chi connectivity index (χ3n) is 4.55. The number of methoxy groups -OCH3 is 1. The van der Waals surface area contributed by atoms with Crippen LogP contribution in [0.2, 0.25) is 0 Å². The maximum atomic E-state index is 5.81. The van der Waals surface area contributed by atoms with E-state index in [2.05, 4.69) is 46.8 Å². The van der Waals surface area contributed by atoms with E-state index in [0.717, 1.165) is 44.5 Å². The Labute approximate surface area is 183 Å². The molecule has 0 radical (unpaired) electrons. The highest BCUT2D eigenvalue weighted by atomic mass is 32.2. The molecule has 0 aliphatic rings. The van der Waals surface area contributed by atoms with E-state index in [-0.39, 0.29) is 0 Å². The molecule has 30 heavy (non-hydrogen) atoms. The summed E-state index contributed by atoms with van der Waals surface area (Å²) in [6.45, 7) is 2.44. The van der Waals surface area contributed by atoms with Crippen LogP contribution in [0.4, 0.5) is 0 Å². The fourth-order valence-corrected chi connectivity index (χ4v) is 4.51. The zero-order valence-corrected chi connectivity index (χ0v) is 18.7. The van der Waals surface area contributed by atoms with Gasteiger partial charge in [0, 0.05) is 23.7 Å². The number of aryl methyl sites for hydroxylation is 1. The van der Waals surface area contributed by atoms with Crippen molar-refractivity contribution < 1.29 is 9.47 Å². The lowest BCUT2D eigenvalue weighted by molar-refractivity contribution is 0.290. The van der Waals surface area contributed by atoms with Gasteiger partial charge in [0.15, 0.2) is 11.0 Å². The van der Waals surface area contributed by atoms with Crippen LogP contribution in [0.25, 0.3) is 10.6 Å². The van der Waals surface area contributed by atoms with Crippen LogP contribution >= 0.6 is 23.1 Å². The Morgan fingerprint density at radius 2 is 1.73 bits per heavy atom. The van der Waals surface area contributed by atoms with E-state index in [1.165, 1.54) is 5.56 Å². The molecule has 0 atom stereocenters. The summed E-state index contributed by atoms with van der Waals surface area (Å²) in [6.07, 6.45) is 0. The summed E-state index contributed by atoms with van der Waals surface area (Å²) < 4.78 is 12.9. The number of ether oxygens (including phenoxy) is 2. The Balaban J connectivity index is 1.34. The highest BCUT2D eigenvalue weighted by Crippen LogP contribution is 2.28. The maximum Gasteiger partial charge on any atom is 0.191 e. The van der Waals surface area contributed by atoms with E-state index in [9.17, 15) is 0 Å². The Morgan fingerprint density at radius 3 is 2.47 bits per heavy atom. The molecule has 2 heterocycles. The first-order chi connectivity index (χ1) is 14.6. The van der Waals surface area contributed by atoms with Gasteiger partial charge in [-0.2, -0.15) is 0 Å². The first kappa shape index (κ1) is 20.4. The van der Waals surface area contributed by atoms with Crippen LogP contribution in [0.1, 0.15) is 17.1 Å². The summed E-state index contributed by atoms with van der Waals surface area (Å²) in [6, 6.07) is 15.9. The molecule has 4 aromatic rings. The summed E-state index contributed by atoms with van der Waals surface area (Å²) in [4.78, 5) is 4.76. The van der Waals surface area contributed by atoms with Crippen molar-refractivity contribution in [2.24, 2.45) is 7.05 Å². The Bertz CT molecular complexity index is 1110. The summed E-state index contributed by atoms with van der Waals surface area (Å²) in [5.41, 5.74) is 3.44. The molecule has 0 amide bonds. The molecule has 0 saturated heterocycles. The largest absolute Gasteiger partial charge is 0.497 e. The summed E-state index contributed by atoms with van der Waals surface area (Å²) in [5, 5.41) is 12.5. The number of benzene rings is 2. The fourth-order valence-electron chi connectivity index (χ4n) is 2.76. The normalized spacial score (nSPS) is 10.9. The van der Waals surface area contributed by atoms with Gasteiger partial charge < -0.3 is 14.0 Å². The molecule has 2 aromatic carbocycles. The van der Waals surface area contributed by atoms with Gasteiger partial charge in [-0.25, -0.2) is 4.98 Å². The van der Waals surface area contributed by atoms with Gasteiger partial charge in [0.05, 0.1) is 12.8 Å². The molecule has 0 saturated carbocycles. The van der Waals surface area contributed by atoms with Crippen LogP contribution in [0, 0.1) is 6.92 Å². The molecule has 6 nitrogen and oxygen atoms in total. The van der Waals surface area contributed by atoms with Crippen LogP contribution < -0.4 is 9.47 Å². The first-order valence-electron chi connectivity index (χ1n) is 9.42. The summed E-state index contributed by atoms with van der Waals surface area (Å²) >= 11 is 3.29. The van der Waals surface area contributed by atoms with Gasteiger partial charge in [-0.1, -0.05) is 41.6 Å². The average molecular weight is 439 g/mol. The zero-order chi connectivity index (χ0) is 20.9. The quantitative estimate of drug-likeness (QED) is 0.356. The van der Waals surface area contributed by atoms with E-state index in [1.54, 1.807) is 30.2 Å². The minimum atomic E-state index is 0.352. The van der Waals surface area contributed by atoms with Crippen molar-refractivity contribution in [2.75, 3.05) is 7.11 Å². The number of thiazole rings is 1. The van der Waals surface area contributed by atoms with Crippen molar-refractivity contribution in [3.8, 4) is 22.1 Å². The van der Waals surface area contributed by atoms with Crippen LogP contribution in [0.3, 0.4) is 0 Å².